The van der Waals surface area contributed by atoms with Gasteiger partial charge >= 0.3 is 0 Å². The molecule has 0 saturated carbocycles. The van der Waals surface area contributed by atoms with Crippen molar-refractivity contribution in [2.75, 3.05) is 26.3 Å². The molecule has 152 valence electrons. The summed E-state index contributed by atoms with van der Waals surface area (Å²) in [6, 6.07) is 5.87. The van der Waals surface area contributed by atoms with Crippen LogP contribution in [-0.4, -0.2) is 54.3 Å². The summed E-state index contributed by atoms with van der Waals surface area (Å²) in [5.74, 6) is 0.498. The topological polar surface area (TPSA) is 51.7 Å². The first-order valence-electron chi connectivity index (χ1n) is 10.2. The van der Waals surface area contributed by atoms with Gasteiger partial charge in [-0.05, 0) is 57.2 Å². The van der Waals surface area contributed by atoms with E-state index in [4.69, 9.17) is 26.1 Å². The molecule has 2 fully saturated rings. The highest BCUT2D eigenvalue weighted by Crippen LogP contribution is 2.34. The zero-order chi connectivity index (χ0) is 19.5. The number of aromatic nitrogens is 1. The third kappa shape index (κ3) is 4.67. The lowest BCUT2D eigenvalue weighted by Gasteiger charge is -2.33. The molecule has 2 atom stereocenters. The Balaban J connectivity index is 1.28. The Bertz CT molecular complexity index is 813. The van der Waals surface area contributed by atoms with E-state index in [0.717, 1.165) is 60.9 Å². The lowest BCUT2D eigenvalue weighted by molar-refractivity contribution is -0.147. The van der Waals surface area contributed by atoms with Crippen LogP contribution in [0.25, 0.3) is 10.2 Å². The number of ether oxygens (including phenoxy) is 2. The summed E-state index contributed by atoms with van der Waals surface area (Å²) in [4.78, 5) is 19.4. The third-order valence-electron chi connectivity index (χ3n) is 5.68. The molecule has 7 heteroatoms. The number of rotatable bonds is 5. The summed E-state index contributed by atoms with van der Waals surface area (Å²) in [5.41, 5.74) is 0.970. The fraction of sp³-hybridized carbons (Fsp3) is 0.619. The van der Waals surface area contributed by atoms with Crippen LogP contribution in [0.4, 0.5) is 0 Å². The molecule has 3 heterocycles. The van der Waals surface area contributed by atoms with Gasteiger partial charge in [0.05, 0.1) is 27.9 Å². The van der Waals surface area contributed by atoms with Crippen LogP contribution < -0.4 is 0 Å². The maximum atomic E-state index is 12.7. The molecule has 2 aliphatic heterocycles. The van der Waals surface area contributed by atoms with E-state index < -0.39 is 6.10 Å². The second-order valence-corrected chi connectivity index (χ2v) is 9.23. The minimum atomic E-state index is -0.410. The van der Waals surface area contributed by atoms with E-state index in [1.54, 1.807) is 11.3 Å². The summed E-state index contributed by atoms with van der Waals surface area (Å²) in [6.45, 7) is 4.69. The molecule has 0 spiro atoms. The Kier molecular flexibility index (Phi) is 6.51. The van der Waals surface area contributed by atoms with E-state index in [1.807, 2.05) is 30.0 Å². The molecule has 0 aliphatic carbocycles. The maximum absolute atomic E-state index is 12.7. The lowest BCUT2D eigenvalue weighted by Crippen LogP contribution is -2.44. The molecule has 2 aromatic rings. The lowest BCUT2D eigenvalue weighted by atomic mass is 9.97. The number of hydrogen-bond donors (Lipinski definition) is 0. The van der Waals surface area contributed by atoms with Gasteiger partial charge in [0.25, 0.3) is 5.91 Å². The first-order valence-corrected chi connectivity index (χ1v) is 11.4. The number of fused-ring (bicyclic) bond motifs is 1. The van der Waals surface area contributed by atoms with Crippen molar-refractivity contribution >= 4 is 39.1 Å². The molecule has 0 N–H and O–H groups in total. The third-order valence-corrected chi connectivity index (χ3v) is 7.11. The van der Waals surface area contributed by atoms with Gasteiger partial charge in [0.2, 0.25) is 0 Å². The number of hydrogen-bond acceptors (Lipinski definition) is 5. The number of benzene rings is 1. The smallest absolute Gasteiger partial charge is 0.251 e. The molecular formula is C21H27ClN2O3S. The first kappa shape index (κ1) is 20.1. The van der Waals surface area contributed by atoms with Gasteiger partial charge in [-0.2, -0.15) is 0 Å². The first-order chi connectivity index (χ1) is 13.6. The van der Waals surface area contributed by atoms with Gasteiger partial charge < -0.3 is 14.4 Å². The Morgan fingerprint density at radius 2 is 2.18 bits per heavy atom. The Morgan fingerprint density at radius 3 is 2.93 bits per heavy atom. The van der Waals surface area contributed by atoms with E-state index in [2.05, 4.69) is 0 Å². The number of thiazole rings is 1. The zero-order valence-corrected chi connectivity index (χ0v) is 17.8. The van der Waals surface area contributed by atoms with Gasteiger partial charge in [-0.15, -0.1) is 11.3 Å². The molecule has 5 nitrogen and oxygen atoms in total. The summed E-state index contributed by atoms with van der Waals surface area (Å²) in [5, 5.41) is 1.88. The fourth-order valence-corrected chi connectivity index (χ4v) is 5.24. The molecular weight excluding hydrogens is 396 g/mol. The molecule has 1 aromatic heterocycles. The van der Waals surface area contributed by atoms with Crippen molar-refractivity contribution in [2.45, 2.75) is 57.2 Å². The number of nitrogens with zero attached hydrogens (tertiary/aromatic N) is 2. The predicted octanol–water partition coefficient (Wildman–Crippen LogP) is 4.63. The second-order valence-electron chi connectivity index (χ2n) is 7.73. The van der Waals surface area contributed by atoms with Crippen molar-refractivity contribution in [2.24, 2.45) is 0 Å². The average Bonchev–Trinajstić information content (AvgIpc) is 3.15. The number of amides is 1. The van der Waals surface area contributed by atoms with Gasteiger partial charge in [0.15, 0.2) is 0 Å². The van der Waals surface area contributed by atoms with Gasteiger partial charge in [0.1, 0.15) is 6.10 Å². The summed E-state index contributed by atoms with van der Waals surface area (Å²) in [6.07, 6.45) is 4.95. The van der Waals surface area contributed by atoms with Crippen LogP contribution in [0.15, 0.2) is 18.2 Å². The molecule has 4 rings (SSSR count). The standard InChI is InChI=1S/C21H27ClN2O3S/c1-14(27-13-17-4-2-3-11-26-17)21(25)24-9-7-15(8-10-24)20-23-18-12-16(22)5-6-19(18)28-20/h5-6,12,14-15,17H,2-4,7-11,13H2,1H3. The van der Waals surface area contributed by atoms with Crippen molar-refractivity contribution in [3.8, 4) is 0 Å². The highest BCUT2D eigenvalue weighted by atomic mass is 35.5. The van der Waals surface area contributed by atoms with E-state index in [-0.39, 0.29) is 12.0 Å². The van der Waals surface area contributed by atoms with Gasteiger partial charge in [-0.25, -0.2) is 4.98 Å². The fourth-order valence-electron chi connectivity index (χ4n) is 3.96. The van der Waals surface area contributed by atoms with Crippen LogP contribution in [0.3, 0.4) is 0 Å². The van der Waals surface area contributed by atoms with Crippen LogP contribution in [0.5, 0.6) is 0 Å². The van der Waals surface area contributed by atoms with E-state index in [1.165, 1.54) is 11.1 Å². The molecule has 2 saturated heterocycles. The molecule has 0 bridgehead atoms. The monoisotopic (exact) mass is 422 g/mol. The van der Waals surface area contributed by atoms with Crippen LogP contribution in [0, 0.1) is 0 Å². The molecule has 2 unspecified atom stereocenters. The van der Waals surface area contributed by atoms with Crippen molar-refractivity contribution in [1.82, 2.24) is 9.88 Å². The maximum Gasteiger partial charge on any atom is 0.251 e. The highest BCUT2D eigenvalue weighted by molar-refractivity contribution is 7.18. The van der Waals surface area contributed by atoms with Crippen molar-refractivity contribution in [3.63, 3.8) is 0 Å². The van der Waals surface area contributed by atoms with E-state index in [0.29, 0.717) is 12.5 Å². The van der Waals surface area contributed by atoms with Crippen LogP contribution in [-0.2, 0) is 14.3 Å². The van der Waals surface area contributed by atoms with Crippen molar-refractivity contribution in [1.29, 1.82) is 0 Å². The quantitative estimate of drug-likeness (QED) is 0.704. The predicted molar refractivity (Wildman–Crippen MR) is 112 cm³/mol. The number of likely N-dealkylation sites (tertiary alicyclic amines) is 1. The zero-order valence-electron chi connectivity index (χ0n) is 16.2. The van der Waals surface area contributed by atoms with Gasteiger partial charge in [-0.1, -0.05) is 11.6 Å². The van der Waals surface area contributed by atoms with Gasteiger partial charge in [0, 0.05) is 30.6 Å². The molecule has 28 heavy (non-hydrogen) atoms. The van der Waals surface area contributed by atoms with E-state index >= 15 is 0 Å². The minimum absolute atomic E-state index is 0.0883. The average molecular weight is 423 g/mol. The Morgan fingerprint density at radius 1 is 1.36 bits per heavy atom. The largest absolute Gasteiger partial charge is 0.376 e. The normalized spacial score (nSPS) is 22.5. The Hall–Kier alpha value is -1.21. The second kappa shape index (κ2) is 9.08. The number of halogens is 1. The summed E-state index contributed by atoms with van der Waals surface area (Å²) < 4.78 is 12.7. The molecule has 1 aromatic carbocycles. The van der Waals surface area contributed by atoms with Crippen LogP contribution >= 0.6 is 22.9 Å². The molecule has 1 amide bonds. The minimum Gasteiger partial charge on any atom is -0.376 e. The van der Waals surface area contributed by atoms with E-state index in [9.17, 15) is 4.79 Å². The SMILES string of the molecule is CC(OCC1CCCCO1)C(=O)N1CCC(c2nc3cc(Cl)ccc3s2)CC1. The summed E-state index contributed by atoms with van der Waals surface area (Å²) in [7, 11) is 0. The Labute approximate surface area is 175 Å². The molecule has 0 radical (unpaired) electrons. The van der Waals surface area contributed by atoms with Crippen molar-refractivity contribution < 1.29 is 14.3 Å². The number of carbonyl (C=O) groups is 1. The highest BCUT2D eigenvalue weighted by Gasteiger charge is 2.29. The van der Waals surface area contributed by atoms with Crippen LogP contribution in [0.2, 0.25) is 5.02 Å². The molecule has 2 aliphatic rings. The van der Waals surface area contributed by atoms with Crippen LogP contribution in [0.1, 0.15) is 50.0 Å². The van der Waals surface area contributed by atoms with Crippen molar-refractivity contribution in [3.05, 3.63) is 28.2 Å². The number of carbonyl (C=O) groups excluding carboxylic acids is 1. The number of piperidine rings is 1. The van der Waals surface area contributed by atoms with Gasteiger partial charge in [-0.3, -0.25) is 4.79 Å². The summed E-state index contributed by atoms with van der Waals surface area (Å²) >= 11 is 7.81.